The van der Waals surface area contributed by atoms with E-state index in [2.05, 4.69) is 10.1 Å². The molecule has 2 rings (SSSR count). The molecule has 126 valence electrons. The molecule has 24 heavy (non-hydrogen) atoms. The van der Waals surface area contributed by atoms with Crippen LogP contribution in [-0.2, 0) is 14.9 Å². The van der Waals surface area contributed by atoms with Gasteiger partial charge >= 0.3 is 5.97 Å². The van der Waals surface area contributed by atoms with Crippen LogP contribution in [-0.4, -0.2) is 19.0 Å². The Bertz CT molecular complexity index is 770. The van der Waals surface area contributed by atoms with Gasteiger partial charge in [-0.2, -0.15) is 0 Å². The molecule has 2 aromatic rings. The average molecular weight is 366 g/mol. The van der Waals surface area contributed by atoms with Crippen LogP contribution in [0.5, 0.6) is 0 Å². The van der Waals surface area contributed by atoms with Crippen molar-refractivity contribution in [2.75, 3.05) is 12.4 Å². The summed E-state index contributed by atoms with van der Waals surface area (Å²) in [7, 11) is 1.29. The van der Waals surface area contributed by atoms with E-state index in [0.717, 1.165) is 5.56 Å². The Kier molecular flexibility index (Phi) is 5.52. The van der Waals surface area contributed by atoms with E-state index in [1.54, 1.807) is 44.2 Å². The number of nitrogens with one attached hydrogen (secondary N) is 1. The summed E-state index contributed by atoms with van der Waals surface area (Å²) in [6.07, 6.45) is 0. The van der Waals surface area contributed by atoms with Crippen LogP contribution in [0.15, 0.2) is 42.5 Å². The van der Waals surface area contributed by atoms with Crippen molar-refractivity contribution in [1.29, 1.82) is 0 Å². The lowest BCUT2D eigenvalue weighted by molar-refractivity contribution is -0.120. The summed E-state index contributed by atoms with van der Waals surface area (Å²) in [6, 6.07) is 11.6. The number of benzene rings is 2. The topological polar surface area (TPSA) is 55.4 Å². The van der Waals surface area contributed by atoms with E-state index in [1.165, 1.54) is 19.2 Å². The van der Waals surface area contributed by atoms with Gasteiger partial charge in [0.25, 0.3) is 0 Å². The number of carbonyl (C=O) groups excluding carboxylic acids is 2. The van der Waals surface area contributed by atoms with Gasteiger partial charge in [0.05, 0.1) is 28.8 Å². The molecule has 0 aliphatic rings. The van der Waals surface area contributed by atoms with Crippen LogP contribution in [0.3, 0.4) is 0 Å². The predicted molar refractivity (Wildman–Crippen MR) is 95.9 cm³/mol. The molecule has 0 bridgehead atoms. The number of hydrogen-bond acceptors (Lipinski definition) is 3. The van der Waals surface area contributed by atoms with E-state index >= 15 is 0 Å². The second kappa shape index (κ2) is 7.24. The predicted octanol–water partition coefficient (Wildman–Crippen LogP) is 4.70. The highest BCUT2D eigenvalue weighted by molar-refractivity contribution is 6.34. The molecule has 1 amide bonds. The smallest absolute Gasteiger partial charge is 0.337 e. The van der Waals surface area contributed by atoms with Gasteiger partial charge in [0, 0.05) is 5.02 Å². The van der Waals surface area contributed by atoms with E-state index in [4.69, 9.17) is 23.2 Å². The molecule has 0 atom stereocenters. The molecule has 0 saturated carbocycles. The minimum absolute atomic E-state index is 0.256. The first-order valence-corrected chi connectivity index (χ1v) is 7.96. The Morgan fingerprint density at radius 1 is 1.04 bits per heavy atom. The maximum absolute atomic E-state index is 12.7. The number of rotatable bonds is 4. The molecule has 2 aromatic carbocycles. The molecule has 0 radical (unpaired) electrons. The first kappa shape index (κ1) is 18.3. The lowest BCUT2D eigenvalue weighted by Crippen LogP contribution is -2.34. The molecule has 6 heteroatoms. The van der Waals surface area contributed by atoms with Gasteiger partial charge < -0.3 is 10.1 Å². The number of halogens is 2. The summed E-state index contributed by atoms with van der Waals surface area (Å²) >= 11 is 12.0. The molecule has 4 nitrogen and oxygen atoms in total. The summed E-state index contributed by atoms with van der Waals surface area (Å²) in [6.45, 7) is 3.59. The molecule has 0 aliphatic carbocycles. The summed E-state index contributed by atoms with van der Waals surface area (Å²) < 4.78 is 4.68. The molecular weight excluding hydrogens is 349 g/mol. The quantitative estimate of drug-likeness (QED) is 0.799. The largest absolute Gasteiger partial charge is 0.465 e. The van der Waals surface area contributed by atoms with Gasteiger partial charge in [-0.25, -0.2) is 4.79 Å². The van der Waals surface area contributed by atoms with Gasteiger partial charge in [0.15, 0.2) is 0 Å². The number of anilines is 1. The number of amides is 1. The molecule has 0 aliphatic heterocycles. The molecule has 0 heterocycles. The van der Waals surface area contributed by atoms with Crippen molar-refractivity contribution in [3.05, 3.63) is 63.6 Å². The van der Waals surface area contributed by atoms with Crippen molar-refractivity contribution in [2.45, 2.75) is 19.3 Å². The van der Waals surface area contributed by atoms with Gasteiger partial charge in [-0.3, -0.25) is 4.79 Å². The van der Waals surface area contributed by atoms with Gasteiger partial charge in [-0.15, -0.1) is 0 Å². The normalized spacial score (nSPS) is 11.0. The summed E-state index contributed by atoms with van der Waals surface area (Å²) in [5.74, 6) is -0.757. The van der Waals surface area contributed by atoms with Gasteiger partial charge in [0.1, 0.15) is 0 Å². The van der Waals surface area contributed by atoms with Crippen LogP contribution < -0.4 is 5.32 Å². The fraction of sp³-hybridized carbons (Fsp3) is 0.222. The number of hydrogen-bond donors (Lipinski definition) is 1. The maximum Gasteiger partial charge on any atom is 0.337 e. The molecule has 0 fully saturated rings. The zero-order valence-corrected chi connectivity index (χ0v) is 15.0. The van der Waals surface area contributed by atoms with Crippen molar-refractivity contribution in [1.82, 2.24) is 0 Å². The first-order valence-electron chi connectivity index (χ1n) is 7.21. The Morgan fingerprint density at radius 2 is 1.67 bits per heavy atom. The van der Waals surface area contributed by atoms with Crippen molar-refractivity contribution in [2.24, 2.45) is 0 Å². The van der Waals surface area contributed by atoms with Crippen LogP contribution in [0.2, 0.25) is 10.0 Å². The zero-order valence-electron chi connectivity index (χ0n) is 13.5. The van der Waals surface area contributed by atoms with E-state index in [9.17, 15) is 9.59 Å². The van der Waals surface area contributed by atoms with E-state index < -0.39 is 11.4 Å². The average Bonchev–Trinajstić information content (AvgIpc) is 2.56. The SMILES string of the molecule is COC(=O)c1ccc(Cl)c(NC(=O)C(C)(C)c2ccc(Cl)cc2)c1. The summed E-state index contributed by atoms with van der Waals surface area (Å²) in [4.78, 5) is 24.3. The Morgan fingerprint density at radius 3 is 2.25 bits per heavy atom. The number of carbonyl (C=O) groups is 2. The third-order valence-electron chi connectivity index (χ3n) is 3.77. The second-order valence-corrected chi connectivity index (χ2v) is 6.62. The van der Waals surface area contributed by atoms with E-state index in [-0.39, 0.29) is 5.91 Å². The summed E-state index contributed by atoms with van der Waals surface area (Å²) in [5.41, 5.74) is 0.660. The minimum Gasteiger partial charge on any atom is -0.465 e. The standard InChI is InChI=1S/C18H17Cl2NO3/c1-18(2,12-5-7-13(19)8-6-12)17(23)21-15-10-11(16(22)24-3)4-9-14(15)20/h4-10H,1-3H3,(H,21,23). The molecule has 0 aromatic heterocycles. The fourth-order valence-electron chi connectivity index (χ4n) is 2.14. The monoisotopic (exact) mass is 365 g/mol. The van der Waals surface area contributed by atoms with Crippen LogP contribution in [0.4, 0.5) is 5.69 Å². The highest BCUT2D eigenvalue weighted by Gasteiger charge is 2.30. The molecule has 0 saturated heterocycles. The van der Waals surface area contributed by atoms with E-state index in [1.807, 2.05) is 0 Å². The Hall–Kier alpha value is -2.04. The molecule has 0 spiro atoms. The Labute approximate surface area is 150 Å². The number of ether oxygens (including phenoxy) is 1. The second-order valence-electron chi connectivity index (χ2n) is 5.77. The van der Waals surface area contributed by atoms with Crippen molar-refractivity contribution >= 4 is 40.8 Å². The van der Waals surface area contributed by atoms with Gasteiger partial charge in [0.2, 0.25) is 5.91 Å². The summed E-state index contributed by atoms with van der Waals surface area (Å²) in [5, 5.41) is 3.71. The van der Waals surface area contributed by atoms with Crippen molar-refractivity contribution < 1.29 is 14.3 Å². The van der Waals surface area contributed by atoms with Gasteiger partial charge in [-0.1, -0.05) is 35.3 Å². The number of esters is 1. The third kappa shape index (κ3) is 3.89. The first-order chi connectivity index (χ1) is 11.3. The minimum atomic E-state index is -0.810. The van der Waals surface area contributed by atoms with Crippen LogP contribution in [0, 0.1) is 0 Å². The zero-order chi connectivity index (χ0) is 17.9. The van der Waals surface area contributed by atoms with Crippen LogP contribution in [0.25, 0.3) is 0 Å². The molecule has 1 N–H and O–H groups in total. The van der Waals surface area contributed by atoms with Crippen molar-refractivity contribution in [3.63, 3.8) is 0 Å². The van der Waals surface area contributed by atoms with Gasteiger partial charge in [-0.05, 0) is 49.7 Å². The lowest BCUT2D eigenvalue weighted by Gasteiger charge is -2.24. The maximum atomic E-state index is 12.7. The van der Waals surface area contributed by atoms with Crippen LogP contribution in [0.1, 0.15) is 29.8 Å². The van der Waals surface area contributed by atoms with Crippen molar-refractivity contribution in [3.8, 4) is 0 Å². The Balaban J connectivity index is 2.28. The highest BCUT2D eigenvalue weighted by atomic mass is 35.5. The lowest BCUT2D eigenvalue weighted by atomic mass is 9.83. The third-order valence-corrected chi connectivity index (χ3v) is 4.35. The van der Waals surface area contributed by atoms with E-state index in [0.29, 0.717) is 21.3 Å². The number of methoxy groups -OCH3 is 1. The molecule has 0 unspecified atom stereocenters. The molecular formula is C18H17Cl2NO3. The fourth-order valence-corrected chi connectivity index (χ4v) is 2.43. The van der Waals surface area contributed by atoms with Crippen LogP contribution >= 0.6 is 23.2 Å². The highest BCUT2D eigenvalue weighted by Crippen LogP contribution is 2.29.